The second kappa shape index (κ2) is 6.24. The fourth-order valence-electron chi connectivity index (χ4n) is 4.19. The number of nitrogens with one attached hydrogen (secondary N) is 1. The summed E-state index contributed by atoms with van der Waals surface area (Å²) in [5.74, 6) is 0.744. The molecule has 3 aliphatic rings. The number of aliphatic carboxylic acids is 1. The zero-order valence-electron chi connectivity index (χ0n) is 14.1. The third kappa shape index (κ3) is 3.30. The molecule has 1 aromatic carbocycles. The molecule has 1 heterocycles. The van der Waals surface area contributed by atoms with E-state index in [4.69, 9.17) is 9.47 Å². The lowest BCUT2D eigenvalue weighted by atomic mass is 9.92. The molecule has 0 bridgehead atoms. The van der Waals surface area contributed by atoms with Crippen molar-refractivity contribution in [1.29, 1.82) is 0 Å². The van der Waals surface area contributed by atoms with Crippen LogP contribution < -0.4 is 14.8 Å². The highest BCUT2D eigenvalue weighted by molar-refractivity contribution is 5.84. The number of hydrogen-bond donors (Lipinski definition) is 2. The van der Waals surface area contributed by atoms with E-state index >= 15 is 0 Å². The lowest BCUT2D eigenvalue weighted by Crippen LogP contribution is -2.48. The summed E-state index contributed by atoms with van der Waals surface area (Å²) in [6.07, 6.45) is 4.28. The van der Waals surface area contributed by atoms with Gasteiger partial charge in [0.25, 0.3) is 0 Å². The Morgan fingerprint density at radius 1 is 1.16 bits per heavy atom. The van der Waals surface area contributed by atoms with Crippen molar-refractivity contribution in [2.45, 2.75) is 50.0 Å². The van der Waals surface area contributed by atoms with Crippen LogP contribution in [0.1, 0.15) is 50.0 Å². The molecule has 134 valence electrons. The van der Waals surface area contributed by atoms with Gasteiger partial charge in [0.05, 0.1) is 12.0 Å². The van der Waals surface area contributed by atoms with Gasteiger partial charge in [0.15, 0.2) is 11.5 Å². The molecular weight excluding hydrogens is 322 g/mol. The van der Waals surface area contributed by atoms with Crippen LogP contribution in [0.3, 0.4) is 0 Å². The van der Waals surface area contributed by atoms with Crippen LogP contribution in [0.15, 0.2) is 18.2 Å². The minimum absolute atomic E-state index is 0.0111. The molecule has 2 N–H and O–H groups in total. The molecule has 0 saturated heterocycles. The Balaban J connectivity index is 1.42. The van der Waals surface area contributed by atoms with Crippen LogP contribution in [0.4, 0.5) is 0 Å². The summed E-state index contributed by atoms with van der Waals surface area (Å²) in [7, 11) is 0. The van der Waals surface area contributed by atoms with Gasteiger partial charge in [-0.3, -0.25) is 9.59 Å². The van der Waals surface area contributed by atoms with Gasteiger partial charge in [-0.2, -0.15) is 0 Å². The molecule has 2 atom stereocenters. The molecular formula is C19H23NO5. The van der Waals surface area contributed by atoms with Crippen LogP contribution >= 0.6 is 0 Å². The van der Waals surface area contributed by atoms with Crippen LogP contribution in [0, 0.1) is 5.92 Å². The number of carboxylic acids is 1. The van der Waals surface area contributed by atoms with E-state index in [0.29, 0.717) is 13.2 Å². The van der Waals surface area contributed by atoms with Gasteiger partial charge < -0.3 is 19.9 Å². The minimum Gasteiger partial charge on any atom is -0.486 e. The van der Waals surface area contributed by atoms with Gasteiger partial charge in [-0.15, -0.1) is 0 Å². The van der Waals surface area contributed by atoms with E-state index in [0.717, 1.165) is 49.2 Å². The first kappa shape index (κ1) is 16.2. The van der Waals surface area contributed by atoms with Crippen LogP contribution in [-0.4, -0.2) is 35.7 Å². The fourth-order valence-corrected chi connectivity index (χ4v) is 4.19. The first-order valence-corrected chi connectivity index (χ1v) is 9.00. The standard InChI is InChI=1S/C19H23NO5/c21-17(22)11-19(5-1-2-6-19)20-18(23)14-10-13(14)12-3-4-15-16(9-12)25-8-7-24-15/h3-4,9,13-14H,1-2,5-8,10-11H2,(H,20,23)(H,21,22). The molecule has 6 nitrogen and oxygen atoms in total. The van der Waals surface area contributed by atoms with Crippen molar-refractivity contribution >= 4 is 11.9 Å². The number of ether oxygens (including phenoxy) is 2. The molecule has 4 rings (SSSR count). The van der Waals surface area contributed by atoms with E-state index in [-0.39, 0.29) is 24.2 Å². The first-order valence-electron chi connectivity index (χ1n) is 9.00. The lowest BCUT2D eigenvalue weighted by molar-refractivity contribution is -0.139. The summed E-state index contributed by atoms with van der Waals surface area (Å²) in [6.45, 7) is 1.11. The predicted octanol–water partition coefficient (Wildman–Crippen LogP) is 2.46. The average Bonchev–Trinajstić information content (AvgIpc) is 3.28. The number of carbonyl (C=O) groups excluding carboxylic acids is 1. The van der Waals surface area contributed by atoms with Crippen molar-refractivity contribution in [3.05, 3.63) is 23.8 Å². The smallest absolute Gasteiger partial charge is 0.305 e. The quantitative estimate of drug-likeness (QED) is 0.856. The van der Waals surface area contributed by atoms with Gasteiger partial charge >= 0.3 is 5.97 Å². The highest BCUT2D eigenvalue weighted by Crippen LogP contribution is 2.50. The maximum Gasteiger partial charge on any atom is 0.305 e. The zero-order chi connectivity index (χ0) is 17.4. The predicted molar refractivity (Wildman–Crippen MR) is 89.9 cm³/mol. The highest BCUT2D eigenvalue weighted by Gasteiger charge is 2.47. The van der Waals surface area contributed by atoms with Gasteiger partial charge in [0.1, 0.15) is 13.2 Å². The molecule has 2 unspecified atom stereocenters. The summed E-state index contributed by atoms with van der Waals surface area (Å²) < 4.78 is 11.1. The molecule has 0 radical (unpaired) electrons. The van der Waals surface area contributed by atoms with E-state index in [2.05, 4.69) is 5.32 Å². The Morgan fingerprint density at radius 3 is 2.60 bits per heavy atom. The molecule has 2 aliphatic carbocycles. The number of amides is 1. The summed E-state index contributed by atoms with van der Waals surface area (Å²) in [4.78, 5) is 23.8. The van der Waals surface area contributed by atoms with E-state index < -0.39 is 11.5 Å². The zero-order valence-corrected chi connectivity index (χ0v) is 14.1. The average molecular weight is 345 g/mol. The van der Waals surface area contributed by atoms with Crippen LogP contribution in [0.5, 0.6) is 11.5 Å². The van der Waals surface area contributed by atoms with Crippen LogP contribution in [0.2, 0.25) is 0 Å². The SMILES string of the molecule is O=C(O)CC1(NC(=O)C2CC2c2ccc3c(c2)OCCO3)CCCC1. The van der Waals surface area contributed by atoms with Crippen LogP contribution in [-0.2, 0) is 9.59 Å². The summed E-state index contributed by atoms with van der Waals surface area (Å²) in [5, 5.41) is 12.2. The number of benzene rings is 1. The van der Waals surface area contributed by atoms with Crippen molar-refractivity contribution in [3.63, 3.8) is 0 Å². The van der Waals surface area contributed by atoms with Crippen LogP contribution in [0.25, 0.3) is 0 Å². The second-order valence-electron chi connectivity index (χ2n) is 7.40. The Morgan fingerprint density at radius 2 is 1.88 bits per heavy atom. The Bertz CT molecular complexity index is 695. The van der Waals surface area contributed by atoms with E-state index in [9.17, 15) is 14.7 Å². The number of carboxylic acid groups (broad SMARTS) is 1. The van der Waals surface area contributed by atoms with Gasteiger partial charge in [0, 0.05) is 5.92 Å². The van der Waals surface area contributed by atoms with Gasteiger partial charge in [-0.1, -0.05) is 18.9 Å². The molecule has 6 heteroatoms. The summed E-state index contributed by atoms with van der Waals surface area (Å²) in [5.41, 5.74) is 0.533. The number of fused-ring (bicyclic) bond motifs is 1. The van der Waals surface area contributed by atoms with Gasteiger partial charge in [-0.25, -0.2) is 0 Å². The number of rotatable bonds is 5. The molecule has 1 aromatic rings. The highest BCUT2D eigenvalue weighted by atomic mass is 16.6. The molecule has 0 aromatic heterocycles. The van der Waals surface area contributed by atoms with E-state index in [1.165, 1.54) is 0 Å². The number of carbonyl (C=O) groups is 2. The summed E-state index contributed by atoms with van der Waals surface area (Å²) in [6, 6.07) is 5.86. The maximum absolute atomic E-state index is 12.7. The maximum atomic E-state index is 12.7. The largest absolute Gasteiger partial charge is 0.486 e. The monoisotopic (exact) mass is 345 g/mol. The minimum atomic E-state index is -0.846. The number of hydrogen-bond acceptors (Lipinski definition) is 4. The summed E-state index contributed by atoms with van der Waals surface area (Å²) >= 11 is 0. The van der Waals surface area contributed by atoms with Crippen molar-refractivity contribution in [3.8, 4) is 11.5 Å². The molecule has 2 saturated carbocycles. The van der Waals surface area contributed by atoms with Gasteiger partial charge in [-0.05, 0) is 42.9 Å². The Labute approximate surface area is 146 Å². The molecule has 1 aliphatic heterocycles. The third-order valence-corrected chi connectivity index (χ3v) is 5.56. The molecule has 2 fully saturated rings. The third-order valence-electron chi connectivity index (χ3n) is 5.56. The molecule has 25 heavy (non-hydrogen) atoms. The van der Waals surface area contributed by atoms with Gasteiger partial charge in [0.2, 0.25) is 5.91 Å². The second-order valence-corrected chi connectivity index (χ2v) is 7.40. The Hall–Kier alpha value is -2.24. The molecule has 0 spiro atoms. The Kier molecular flexibility index (Phi) is 4.06. The normalized spacial score (nSPS) is 26.1. The van der Waals surface area contributed by atoms with Crippen molar-refractivity contribution in [2.75, 3.05) is 13.2 Å². The lowest BCUT2D eigenvalue weighted by Gasteiger charge is -2.28. The first-order chi connectivity index (χ1) is 12.1. The topological polar surface area (TPSA) is 84.9 Å². The van der Waals surface area contributed by atoms with E-state index in [1.807, 2.05) is 18.2 Å². The van der Waals surface area contributed by atoms with Crippen molar-refractivity contribution in [2.24, 2.45) is 5.92 Å². The van der Waals surface area contributed by atoms with E-state index in [1.54, 1.807) is 0 Å². The fraction of sp³-hybridized carbons (Fsp3) is 0.579. The molecule has 1 amide bonds. The van der Waals surface area contributed by atoms with Crippen molar-refractivity contribution < 1.29 is 24.2 Å². The van der Waals surface area contributed by atoms with Crippen molar-refractivity contribution in [1.82, 2.24) is 5.32 Å².